The van der Waals surface area contributed by atoms with Crippen LogP contribution >= 0.6 is 0 Å². The molecule has 3 aromatic carbocycles. The number of nitrogens with zero attached hydrogens (tertiary/aromatic N) is 1. The molecular weight excluding hydrogens is 362 g/mol. The monoisotopic (exact) mass is 389 g/mol. The van der Waals surface area contributed by atoms with Crippen molar-refractivity contribution in [3.63, 3.8) is 0 Å². The summed E-state index contributed by atoms with van der Waals surface area (Å²) in [6.45, 7) is 4.41. The Balaban J connectivity index is 1.56. The zero-order valence-electron chi connectivity index (χ0n) is 17.8. The second-order valence-corrected chi connectivity index (χ2v) is 9.25. The van der Waals surface area contributed by atoms with E-state index in [1.54, 1.807) is 0 Å². The van der Waals surface area contributed by atoms with Gasteiger partial charge in [0.05, 0.1) is 5.69 Å². The van der Waals surface area contributed by atoms with Crippen LogP contribution in [-0.2, 0) is 6.42 Å². The van der Waals surface area contributed by atoms with Crippen molar-refractivity contribution < 1.29 is 0 Å². The third-order valence-electron chi connectivity index (χ3n) is 7.26. The predicted molar refractivity (Wildman–Crippen MR) is 126 cm³/mol. The van der Waals surface area contributed by atoms with Gasteiger partial charge >= 0.3 is 0 Å². The van der Waals surface area contributed by atoms with E-state index in [-0.39, 0.29) is 0 Å². The van der Waals surface area contributed by atoms with Crippen LogP contribution in [0.1, 0.15) is 59.4 Å². The van der Waals surface area contributed by atoms with Gasteiger partial charge in [-0.3, -0.25) is 4.98 Å². The van der Waals surface area contributed by atoms with Crippen molar-refractivity contribution in [1.82, 2.24) is 4.98 Å². The molecule has 0 spiro atoms. The summed E-state index contributed by atoms with van der Waals surface area (Å²) in [6, 6.07) is 20.7. The van der Waals surface area contributed by atoms with Gasteiger partial charge in [-0.2, -0.15) is 0 Å². The molecule has 4 aromatic rings. The summed E-state index contributed by atoms with van der Waals surface area (Å²) in [5.41, 5.74) is 12.2. The first-order valence-electron chi connectivity index (χ1n) is 11.3. The maximum absolute atomic E-state index is 4.99. The number of hydrogen-bond donors (Lipinski definition) is 0. The van der Waals surface area contributed by atoms with Crippen LogP contribution in [0.15, 0.2) is 60.8 Å². The summed E-state index contributed by atoms with van der Waals surface area (Å²) < 4.78 is 0. The lowest BCUT2D eigenvalue weighted by atomic mass is 9.90. The van der Waals surface area contributed by atoms with Crippen molar-refractivity contribution in [2.75, 3.05) is 0 Å². The average Bonchev–Trinajstić information content (AvgIpc) is 3.42. The smallest absolute Gasteiger partial charge is 0.0783 e. The fourth-order valence-corrected chi connectivity index (χ4v) is 5.71. The van der Waals surface area contributed by atoms with Crippen molar-refractivity contribution in [3.8, 4) is 22.4 Å². The largest absolute Gasteiger partial charge is 0.255 e. The molecule has 6 rings (SSSR count). The van der Waals surface area contributed by atoms with E-state index in [1.165, 1.54) is 81.0 Å². The van der Waals surface area contributed by atoms with Crippen molar-refractivity contribution >= 4 is 10.8 Å². The molecule has 1 heterocycles. The molecule has 1 fully saturated rings. The first kappa shape index (κ1) is 17.9. The van der Waals surface area contributed by atoms with Crippen molar-refractivity contribution in [2.24, 2.45) is 0 Å². The Morgan fingerprint density at radius 3 is 2.47 bits per heavy atom. The Bertz CT molecular complexity index is 1290. The van der Waals surface area contributed by atoms with Gasteiger partial charge in [0.2, 0.25) is 0 Å². The lowest BCUT2D eigenvalue weighted by Crippen LogP contribution is -1.97. The van der Waals surface area contributed by atoms with E-state index in [4.69, 9.17) is 4.98 Å². The standard InChI is InChI=1S/C29H27N/c1-18-13-26-23-10-6-5-9-22(23)16-27(26)28(14-18)29-24-12-11-21(20-7-3-4-8-20)15-25(24)19(2)17-30-29/h5-6,9-15,17,20H,3-4,7-8,16H2,1-2H3. The molecular formula is C29H27N. The fraction of sp³-hybridized carbons (Fsp3) is 0.276. The SMILES string of the molecule is Cc1cc2c(c(-c3ncc(C)c4cc(C5CCCC5)ccc34)c1)Cc1ccccc1-2. The van der Waals surface area contributed by atoms with E-state index in [0.29, 0.717) is 0 Å². The molecule has 0 N–H and O–H groups in total. The third kappa shape index (κ3) is 2.72. The van der Waals surface area contributed by atoms with Crippen molar-refractivity contribution in [2.45, 2.75) is 51.9 Å². The molecule has 0 radical (unpaired) electrons. The van der Waals surface area contributed by atoms with Crippen molar-refractivity contribution in [1.29, 1.82) is 0 Å². The van der Waals surface area contributed by atoms with Crippen molar-refractivity contribution in [3.05, 3.63) is 88.6 Å². The lowest BCUT2D eigenvalue weighted by Gasteiger charge is -2.16. The number of aromatic nitrogens is 1. The third-order valence-corrected chi connectivity index (χ3v) is 7.26. The number of aryl methyl sites for hydroxylation is 2. The molecule has 1 aromatic heterocycles. The average molecular weight is 390 g/mol. The zero-order chi connectivity index (χ0) is 20.2. The number of rotatable bonds is 2. The highest BCUT2D eigenvalue weighted by molar-refractivity contribution is 5.99. The van der Waals surface area contributed by atoms with Crippen LogP contribution in [0, 0.1) is 13.8 Å². The van der Waals surface area contributed by atoms with Crippen LogP contribution in [0.2, 0.25) is 0 Å². The minimum Gasteiger partial charge on any atom is -0.255 e. The van der Waals surface area contributed by atoms with Crippen LogP contribution in [0.3, 0.4) is 0 Å². The van der Waals surface area contributed by atoms with Crippen LogP contribution in [0.5, 0.6) is 0 Å². The second kappa shape index (κ2) is 6.80. The summed E-state index contributed by atoms with van der Waals surface area (Å²) in [4.78, 5) is 4.99. The lowest BCUT2D eigenvalue weighted by molar-refractivity contribution is 0.724. The summed E-state index contributed by atoms with van der Waals surface area (Å²) in [7, 11) is 0. The van der Waals surface area contributed by atoms with Gasteiger partial charge in [-0.1, -0.05) is 61.4 Å². The highest BCUT2D eigenvalue weighted by atomic mass is 14.7. The first-order chi connectivity index (χ1) is 14.7. The van der Waals surface area contributed by atoms with Gasteiger partial charge in [0.25, 0.3) is 0 Å². The highest BCUT2D eigenvalue weighted by Gasteiger charge is 2.24. The molecule has 2 aliphatic carbocycles. The molecule has 2 aliphatic rings. The van der Waals surface area contributed by atoms with E-state index >= 15 is 0 Å². The van der Waals surface area contributed by atoms with Gasteiger partial charge in [0.1, 0.15) is 0 Å². The van der Waals surface area contributed by atoms with E-state index in [2.05, 4.69) is 74.6 Å². The quantitative estimate of drug-likeness (QED) is 0.301. The Hall–Kier alpha value is -2.93. The van der Waals surface area contributed by atoms with Gasteiger partial charge in [-0.15, -0.1) is 0 Å². The molecule has 1 heteroatoms. The van der Waals surface area contributed by atoms with Crippen LogP contribution in [0.25, 0.3) is 33.2 Å². The predicted octanol–water partition coefficient (Wildman–Crippen LogP) is 7.75. The minimum atomic E-state index is 0.739. The molecule has 148 valence electrons. The summed E-state index contributed by atoms with van der Waals surface area (Å²) in [5.74, 6) is 0.739. The Labute approximate surface area is 178 Å². The molecule has 0 aliphatic heterocycles. The number of benzene rings is 3. The first-order valence-corrected chi connectivity index (χ1v) is 11.3. The number of fused-ring (bicyclic) bond motifs is 4. The second-order valence-electron chi connectivity index (χ2n) is 9.25. The van der Waals surface area contributed by atoms with E-state index in [1.807, 2.05) is 0 Å². The van der Waals surface area contributed by atoms with Crippen LogP contribution in [0.4, 0.5) is 0 Å². The molecule has 0 bridgehead atoms. The Kier molecular flexibility index (Phi) is 4.06. The molecule has 0 atom stereocenters. The van der Waals surface area contributed by atoms with Crippen LogP contribution in [-0.4, -0.2) is 4.98 Å². The number of pyridine rings is 1. The summed E-state index contributed by atoms with van der Waals surface area (Å²) in [6.07, 6.45) is 8.50. The molecule has 30 heavy (non-hydrogen) atoms. The summed E-state index contributed by atoms with van der Waals surface area (Å²) >= 11 is 0. The van der Waals surface area contributed by atoms with Crippen LogP contribution < -0.4 is 0 Å². The summed E-state index contributed by atoms with van der Waals surface area (Å²) in [5, 5.41) is 2.66. The van der Waals surface area contributed by atoms with Gasteiger partial charge in [0.15, 0.2) is 0 Å². The Morgan fingerprint density at radius 1 is 0.800 bits per heavy atom. The zero-order valence-corrected chi connectivity index (χ0v) is 17.8. The molecule has 0 amide bonds. The van der Waals surface area contributed by atoms with Gasteiger partial charge in [-0.05, 0) is 89.4 Å². The highest BCUT2D eigenvalue weighted by Crippen LogP contribution is 2.44. The van der Waals surface area contributed by atoms with Gasteiger partial charge in [-0.25, -0.2) is 0 Å². The van der Waals surface area contributed by atoms with E-state index in [9.17, 15) is 0 Å². The topological polar surface area (TPSA) is 12.9 Å². The fourth-order valence-electron chi connectivity index (χ4n) is 5.71. The van der Waals surface area contributed by atoms with E-state index in [0.717, 1.165) is 18.0 Å². The molecule has 0 unspecified atom stereocenters. The molecule has 1 saturated carbocycles. The maximum atomic E-state index is 4.99. The van der Waals surface area contributed by atoms with Gasteiger partial charge in [0, 0.05) is 17.1 Å². The Morgan fingerprint density at radius 2 is 1.60 bits per heavy atom. The minimum absolute atomic E-state index is 0.739. The normalized spacial score (nSPS) is 15.5. The van der Waals surface area contributed by atoms with E-state index < -0.39 is 0 Å². The molecule has 0 saturated heterocycles. The van der Waals surface area contributed by atoms with Gasteiger partial charge < -0.3 is 0 Å². The number of hydrogen-bond acceptors (Lipinski definition) is 1. The maximum Gasteiger partial charge on any atom is 0.0783 e. The molecule has 1 nitrogen and oxygen atoms in total.